The molecule has 0 aliphatic heterocycles. The Labute approximate surface area is 217 Å². The van der Waals surface area contributed by atoms with Gasteiger partial charge in [-0.3, -0.25) is 9.59 Å². The predicted octanol–water partition coefficient (Wildman–Crippen LogP) is 6.02. The highest BCUT2D eigenvalue weighted by Gasteiger charge is 2.28. The Kier molecular flexibility index (Phi) is 8.11. The van der Waals surface area contributed by atoms with Crippen LogP contribution >= 0.6 is 34.5 Å². The van der Waals surface area contributed by atoms with Crippen LogP contribution in [0.1, 0.15) is 54.9 Å². The molecule has 2 aromatic carbocycles. The summed E-state index contributed by atoms with van der Waals surface area (Å²) in [5.41, 5.74) is 2.21. The third-order valence-corrected chi connectivity index (χ3v) is 7.37. The normalized spacial score (nSPS) is 14.7. The van der Waals surface area contributed by atoms with E-state index in [0.717, 1.165) is 29.7 Å². The molecule has 2 amide bonds. The molecular formula is C26H24Cl2N2O4S. The fraction of sp³-hybridized carbons (Fsp3) is 0.269. The summed E-state index contributed by atoms with van der Waals surface area (Å²) in [5, 5.41) is 7.14. The molecule has 2 N–H and O–H groups in total. The maximum absolute atomic E-state index is 13.2. The van der Waals surface area contributed by atoms with Crippen molar-refractivity contribution >= 4 is 57.3 Å². The van der Waals surface area contributed by atoms with Gasteiger partial charge in [-0.1, -0.05) is 42.3 Å². The number of fused-ring (bicyclic) bond motifs is 1. The van der Waals surface area contributed by atoms with Crippen molar-refractivity contribution in [2.45, 2.75) is 26.2 Å². The van der Waals surface area contributed by atoms with Gasteiger partial charge in [0.15, 0.2) is 0 Å². The standard InChI is InChI=1S/C26H24Cl2N2O4S/c1-15-8-9-20-21(12-15)35-25(30-23(31)16-4-2-6-18(27)13-16)22(20)24(32)29-10-11-34-26(33)17-5-3-7-19(28)14-17/h2-7,13-15H,8-12H2,1H3,(H,29,32)(H,30,31). The fourth-order valence-corrected chi connectivity index (χ4v) is 5.76. The molecule has 4 rings (SSSR count). The van der Waals surface area contributed by atoms with Crippen LogP contribution in [0, 0.1) is 5.92 Å². The van der Waals surface area contributed by atoms with Crippen LogP contribution in [-0.2, 0) is 17.6 Å². The predicted molar refractivity (Wildman–Crippen MR) is 139 cm³/mol. The Hall–Kier alpha value is -2.87. The van der Waals surface area contributed by atoms with E-state index in [2.05, 4.69) is 17.6 Å². The highest BCUT2D eigenvalue weighted by molar-refractivity contribution is 7.17. The van der Waals surface area contributed by atoms with E-state index in [1.807, 2.05) is 0 Å². The summed E-state index contributed by atoms with van der Waals surface area (Å²) in [6, 6.07) is 13.1. The number of thiophene rings is 1. The number of rotatable bonds is 7. The van der Waals surface area contributed by atoms with Gasteiger partial charge in [0.2, 0.25) is 0 Å². The number of halogens is 2. The average Bonchev–Trinajstić information content (AvgIpc) is 3.18. The van der Waals surface area contributed by atoms with Gasteiger partial charge in [-0.2, -0.15) is 0 Å². The summed E-state index contributed by atoms with van der Waals surface area (Å²) in [6.07, 6.45) is 2.61. The van der Waals surface area contributed by atoms with Gasteiger partial charge in [-0.05, 0) is 67.1 Å². The van der Waals surface area contributed by atoms with Gasteiger partial charge in [0.05, 0.1) is 17.7 Å². The molecule has 35 heavy (non-hydrogen) atoms. The first-order valence-corrected chi connectivity index (χ1v) is 12.8. The molecule has 1 aromatic heterocycles. The monoisotopic (exact) mass is 530 g/mol. The molecule has 1 atom stereocenters. The van der Waals surface area contributed by atoms with Crippen LogP contribution in [0.2, 0.25) is 10.0 Å². The Morgan fingerprint density at radius 1 is 1.03 bits per heavy atom. The molecule has 1 aliphatic carbocycles. The minimum absolute atomic E-state index is 0.00462. The Morgan fingerprint density at radius 3 is 2.43 bits per heavy atom. The molecule has 9 heteroatoms. The molecule has 0 saturated carbocycles. The smallest absolute Gasteiger partial charge is 0.338 e. The lowest BCUT2D eigenvalue weighted by molar-refractivity contribution is 0.0503. The van der Waals surface area contributed by atoms with E-state index >= 15 is 0 Å². The fourth-order valence-electron chi connectivity index (χ4n) is 3.98. The zero-order chi connectivity index (χ0) is 24.9. The highest BCUT2D eigenvalue weighted by atomic mass is 35.5. The lowest BCUT2D eigenvalue weighted by Gasteiger charge is -2.18. The van der Waals surface area contributed by atoms with Crippen molar-refractivity contribution in [3.63, 3.8) is 0 Å². The van der Waals surface area contributed by atoms with E-state index < -0.39 is 5.97 Å². The summed E-state index contributed by atoms with van der Waals surface area (Å²) in [5.74, 6) is -0.640. The number of carbonyl (C=O) groups is 3. The minimum atomic E-state index is -0.516. The van der Waals surface area contributed by atoms with Gasteiger partial charge in [0.25, 0.3) is 11.8 Å². The van der Waals surface area contributed by atoms with E-state index in [9.17, 15) is 14.4 Å². The van der Waals surface area contributed by atoms with E-state index in [1.54, 1.807) is 42.5 Å². The summed E-state index contributed by atoms with van der Waals surface area (Å²) >= 11 is 13.4. The number of carbonyl (C=O) groups excluding carboxylic acids is 3. The van der Waals surface area contributed by atoms with Crippen molar-refractivity contribution in [2.24, 2.45) is 5.92 Å². The van der Waals surface area contributed by atoms with E-state index in [0.29, 0.717) is 37.7 Å². The summed E-state index contributed by atoms with van der Waals surface area (Å²) < 4.78 is 5.25. The van der Waals surface area contributed by atoms with Gasteiger partial charge < -0.3 is 15.4 Å². The molecule has 3 aromatic rings. The number of nitrogens with one attached hydrogen (secondary N) is 2. The third kappa shape index (κ3) is 6.23. The van der Waals surface area contributed by atoms with Crippen molar-refractivity contribution in [1.29, 1.82) is 0 Å². The zero-order valence-corrected chi connectivity index (χ0v) is 21.4. The first kappa shape index (κ1) is 25.2. The van der Waals surface area contributed by atoms with Crippen LogP contribution in [0.4, 0.5) is 5.00 Å². The number of hydrogen-bond acceptors (Lipinski definition) is 5. The SMILES string of the molecule is CC1CCc2c(sc(NC(=O)c3cccc(Cl)c3)c2C(=O)NCCOC(=O)c2cccc(Cl)c2)C1. The van der Waals surface area contributed by atoms with Gasteiger partial charge >= 0.3 is 5.97 Å². The molecule has 0 bridgehead atoms. The molecule has 0 saturated heterocycles. The quantitative estimate of drug-likeness (QED) is 0.289. The van der Waals surface area contributed by atoms with Crippen LogP contribution in [0.15, 0.2) is 48.5 Å². The lowest BCUT2D eigenvalue weighted by Crippen LogP contribution is -2.29. The number of anilines is 1. The molecule has 1 unspecified atom stereocenters. The molecule has 1 aliphatic rings. The van der Waals surface area contributed by atoms with E-state index in [4.69, 9.17) is 27.9 Å². The van der Waals surface area contributed by atoms with Crippen molar-refractivity contribution in [3.05, 3.63) is 85.7 Å². The molecular weight excluding hydrogens is 507 g/mol. The number of hydrogen-bond donors (Lipinski definition) is 2. The van der Waals surface area contributed by atoms with E-state index in [1.165, 1.54) is 17.4 Å². The molecule has 0 fully saturated rings. The number of amides is 2. The number of benzene rings is 2. The van der Waals surface area contributed by atoms with Crippen molar-refractivity contribution < 1.29 is 19.1 Å². The summed E-state index contributed by atoms with van der Waals surface area (Å²) in [4.78, 5) is 39.3. The maximum Gasteiger partial charge on any atom is 0.338 e. The first-order chi connectivity index (χ1) is 16.8. The highest BCUT2D eigenvalue weighted by Crippen LogP contribution is 2.39. The largest absolute Gasteiger partial charge is 0.460 e. The molecule has 6 nitrogen and oxygen atoms in total. The number of esters is 1. The van der Waals surface area contributed by atoms with Crippen LogP contribution < -0.4 is 10.6 Å². The first-order valence-electron chi connectivity index (χ1n) is 11.2. The van der Waals surface area contributed by atoms with E-state index in [-0.39, 0.29) is 25.0 Å². The van der Waals surface area contributed by atoms with Crippen LogP contribution in [0.3, 0.4) is 0 Å². The third-order valence-electron chi connectivity index (χ3n) is 5.73. The van der Waals surface area contributed by atoms with Gasteiger partial charge in [0, 0.05) is 20.5 Å². The molecule has 0 radical (unpaired) electrons. The second kappa shape index (κ2) is 11.2. The number of ether oxygens (including phenoxy) is 1. The van der Waals surface area contributed by atoms with Crippen LogP contribution in [0.25, 0.3) is 0 Å². The van der Waals surface area contributed by atoms with Crippen LogP contribution in [-0.4, -0.2) is 30.9 Å². The second-order valence-electron chi connectivity index (χ2n) is 8.42. The van der Waals surface area contributed by atoms with Crippen molar-refractivity contribution in [2.75, 3.05) is 18.5 Å². The zero-order valence-electron chi connectivity index (χ0n) is 19.0. The molecule has 1 heterocycles. The summed E-state index contributed by atoms with van der Waals surface area (Å²) in [6.45, 7) is 2.32. The van der Waals surface area contributed by atoms with Crippen molar-refractivity contribution in [1.82, 2.24) is 5.32 Å². The second-order valence-corrected chi connectivity index (χ2v) is 10.4. The van der Waals surface area contributed by atoms with Crippen LogP contribution in [0.5, 0.6) is 0 Å². The van der Waals surface area contributed by atoms with Gasteiger partial charge in [-0.15, -0.1) is 11.3 Å². The Bertz CT molecular complexity index is 1270. The lowest BCUT2D eigenvalue weighted by atomic mass is 9.88. The van der Waals surface area contributed by atoms with Gasteiger partial charge in [0.1, 0.15) is 11.6 Å². The topological polar surface area (TPSA) is 84.5 Å². The summed E-state index contributed by atoms with van der Waals surface area (Å²) in [7, 11) is 0. The Morgan fingerprint density at radius 2 is 1.71 bits per heavy atom. The Balaban J connectivity index is 1.45. The molecule has 182 valence electrons. The molecule has 0 spiro atoms. The van der Waals surface area contributed by atoms with Gasteiger partial charge in [-0.25, -0.2) is 4.79 Å². The minimum Gasteiger partial charge on any atom is -0.460 e. The average molecular weight is 531 g/mol. The maximum atomic E-state index is 13.2. The van der Waals surface area contributed by atoms with Crippen molar-refractivity contribution in [3.8, 4) is 0 Å².